The first-order chi connectivity index (χ1) is 11.5. The minimum absolute atomic E-state index is 0.0516. The summed E-state index contributed by atoms with van der Waals surface area (Å²) in [5, 5.41) is 4.83. The number of hydrogen-bond donors (Lipinski definition) is 2. The van der Waals surface area contributed by atoms with Crippen LogP contribution in [0.15, 0.2) is 30.3 Å². The van der Waals surface area contributed by atoms with Gasteiger partial charge >= 0.3 is 12.1 Å². The maximum atomic E-state index is 11.9. The summed E-state index contributed by atoms with van der Waals surface area (Å²) >= 11 is 0. The number of carbonyl (C=O) groups is 4. The molecular formula is C15H16N4O5. The third-order valence-corrected chi connectivity index (χ3v) is 3.83. The number of nitrogens with zero attached hydrogens (tertiary/aromatic N) is 2. The highest BCUT2D eigenvalue weighted by molar-refractivity contribution is 6.05. The van der Waals surface area contributed by atoms with Crippen molar-refractivity contribution in [2.75, 3.05) is 13.6 Å². The third kappa shape index (κ3) is 2.87. The van der Waals surface area contributed by atoms with Gasteiger partial charge in [0, 0.05) is 7.05 Å². The average Bonchev–Trinajstić information content (AvgIpc) is 2.82. The van der Waals surface area contributed by atoms with Crippen molar-refractivity contribution in [2.24, 2.45) is 0 Å². The zero-order valence-corrected chi connectivity index (χ0v) is 12.9. The fraction of sp³-hybridized carbons (Fsp3) is 0.333. The van der Waals surface area contributed by atoms with Crippen molar-refractivity contribution < 1.29 is 23.9 Å². The van der Waals surface area contributed by atoms with Crippen LogP contribution in [0.25, 0.3) is 0 Å². The zero-order valence-electron chi connectivity index (χ0n) is 12.9. The van der Waals surface area contributed by atoms with E-state index in [4.69, 9.17) is 4.74 Å². The second-order valence-corrected chi connectivity index (χ2v) is 5.54. The zero-order chi connectivity index (χ0) is 17.3. The number of carbonyl (C=O) groups excluding carboxylic acids is 4. The maximum absolute atomic E-state index is 11.9. The van der Waals surface area contributed by atoms with Crippen LogP contribution in [0.5, 0.6) is 0 Å². The largest absolute Gasteiger partial charge is 0.445 e. The molecule has 9 heteroatoms. The highest BCUT2D eigenvalue weighted by atomic mass is 16.5. The second-order valence-electron chi connectivity index (χ2n) is 5.54. The normalized spacial score (nSPS) is 23.0. The summed E-state index contributed by atoms with van der Waals surface area (Å²) in [4.78, 5) is 49.4. The Morgan fingerprint density at radius 1 is 1.29 bits per heavy atom. The van der Waals surface area contributed by atoms with Gasteiger partial charge in [-0.15, -0.1) is 0 Å². The minimum Gasteiger partial charge on any atom is -0.445 e. The van der Waals surface area contributed by atoms with Gasteiger partial charge in [-0.1, -0.05) is 30.3 Å². The Balaban J connectivity index is 1.57. The number of imide groups is 1. The summed E-state index contributed by atoms with van der Waals surface area (Å²) in [6.07, 6.45) is -1.69. The smallest absolute Gasteiger partial charge is 0.408 e. The molecule has 1 aromatic rings. The molecular weight excluding hydrogens is 316 g/mol. The van der Waals surface area contributed by atoms with E-state index < -0.39 is 36.1 Å². The van der Waals surface area contributed by atoms with Gasteiger partial charge in [-0.25, -0.2) is 14.5 Å². The van der Waals surface area contributed by atoms with E-state index in [0.717, 1.165) is 10.5 Å². The molecule has 0 saturated carbocycles. The molecule has 2 aliphatic heterocycles. The minimum atomic E-state index is -1.02. The summed E-state index contributed by atoms with van der Waals surface area (Å²) in [5.74, 6) is -0.913. The van der Waals surface area contributed by atoms with Gasteiger partial charge in [-0.2, -0.15) is 0 Å². The number of likely N-dealkylation sites (N-methyl/N-ethyl adjacent to an activating group) is 1. The van der Waals surface area contributed by atoms with Crippen molar-refractivity contribution in [3.63, 3.8) is 0 Å². The first kappa shape index (κ1) is 15.8. The molecule has 0 radical (unpaired) electrons. The third-order valence-electron chi connectivity index (χ3n) is 3.83. The molecule has 126 valence electrons. The number of β-lactam (4-membered cyclic amide) rings is 1. The van der Waals surface area contributed by atoms with Crippen molar-refractivity contribution in [1.29, 1.82) is 0 Å². The number of alkyl carbamates (subject to hydrolysis) is 1. The van der Waals surface area contributed by atoms with Crippen LogP contribution in [0.2, 0.25) is 0 Å². The van der Waals surface area contributed by atoms with Gasteiger partial charge in [0.15, 0.2) is 6.04 Å². The Labute approximate surface area is 137 Å². The molecule has 2 fully saturated rings. The van der Waals surface area contributed by atoms with Gasteiger partial charge in [0.25, 0.3) is 5.91 Å². The number of rotatable bonds is 4. The van der Waals surface area contributed by atoms with Crippen molar-refractivity contribution in [3.05, 3.63) is 35.9 Å². The van der Waals surface area contributed by atoms with Crippen LogP contribution < -0.4 is 10.6 Å². The number of amides is 5. The highest BCUT2D eigenvalue weighted by Crippen LogP contribution is 2.18. The lowest BCUT2D eigenvalue weighted by atomic mass is 10.1. The lowest BCUT2D eigenvalue weighted by Crippen LogP contribution is -2.75. The number of urea groups is 1. The van der Waals surface area contributed by atoms with Crippen LogP contribution in [-0.4, -0.2) is 59.5 Å². The molecule has 24 heavy (non-hydrogen) atoms. The van der Waals surface area contributed by atoms with Crippen LogP contribution in [0.3, 0.4) is 0 Å². The lowest BCUT2D eigenvalue weighted by molar-refractivity contribution is -0.140. The predicted molar refractivity (Wildman–Crippen MR) is 80.4 cm³/mol. The summed E-state index contributed by atoms with van der Waals surface area (Å²) in [5.41, 5.74) is 0.800. The Morgan fingerprint density at radius 3 is 2.58 bits per heavy atom. The molecule has 2 saturated heterocycles. The number of nitrogens with one attached hydrogen (secondary N) is 2. The molecule has 0 bridgehead atoms. The second kappa shape index (κ2) is 6.19. The number of benzene rings is 1. The van der Waals surface area contributed by atoms with Crippen LogP contribution in [0, 0.1) is 0 Å². The molecule has 2 N–H and O–H groups in total. The summed E-state index contributed by atoms with van der Waals surface area (Å²) in [7, 11) is 1.48. The van der Waals surface area contributed by atoms with E-state index in [1.165, 1.54) is 11.9 Å². The van der Waals surface area contributed by atoms with Crippen molar-refractivity contribution in [2.45, 2.75) is 18.8 Å². The van der Waals surface area contributed by atoms with Crippen molar-refractivity contribution >= 4 is 23.9 Å². The van der Waals surface area contributed by atoms with E-state index in [1.54, 1.807) is 12.1 Å². The van der Waals surface area contributed by atoms with Crippen LogP contribution in [0.1, 0.15) is 5.56 Å². The van der Waals surface area contributed by atoms with Gasteiger partial charge in [-0.05, 0) is 5.56 Å². The van der Waals surface area contributed by atoms with Crippen LogP contribution >= 0.6 is 0 Å². The van der Waals surface area contributed by atoms with Crippen LogP contribution in [-0.2, 0) is 20.9 Å². The van der Waals surface area contributed by atoms with Gasteiger partial charge in [0.1, 0.15) is 19.3 Å². The Hall–Kier alpha value is -3.10. The van der Waals surface area contributed by atoms with E-state index in [-0.39, 0.29) is 13.2 Å². The molecule has 9 nitrogen and oxygen atoms in total. The quantitative estimate of drug-likeness (QED) is 0.578. The first-order valence-electron chi connectivity index (χ1n) is 7.32. The molecule has 3 rings (SSSR count). The van der Waals surface area contributed by atoms with E-state index in [9.17, 15) is 19.2 Å². The lowest BCUT2D eigenvalue weighted by Gasteiger charge is -2.40. The predicted octanol–water partition coefficient (Wildman–Crippen LogP) is -0.369. The van der Waals surface area contributed by atoms with E-state index >= 15 is 0 Å². The Bertz CT molecular complexity index is 692. The molecule has 0 spiro atoms. The number of ether oxygens (including phenoxy) is 1. The summed E-state index contributed by atoms with van der Waals surface area (Å²) in [6.45, 7) is -0.00757. The fourth-order valence-electron chi connectivity index (χ4n) is 2.53. The van der Waals surface area contributed by atoms with Gasteiger partial charge in [-0.3, -0.25) is 9.59 Å². The van der Waals surface area contributed by atoms with Crippen molar-refractivity contribution in [3.8, 4) is 0 Å². The van der Waals surface area contributed by atoms with Crippen LogP contribution in [0.4, 0.5) is 9.59 Å². The first-order valence-corrected chi connectivity index (χ1v) is 7.32. The van der Waals surface area contributed by atoms with Gasteiger partial charge < -0.3 is 20.3 Å². The fourth-order valence-corrected chi connectivity index (χ4v) is 2.53. The maximum Gasteiger partial charge on any atom is 0.408 e. The average molecular weight is 332 g/mol. The standard InChI is InChI=1S/C15H16N4O5/c1-18-7-10(20)19(15(18)23)12-11(13(21)17-12)16-14(22)24-8-9-5-3-2-4-6-9/h2-6,11-12H,7-8H2,1H3,(H,16,22)(H,17,21)/t11-,12-/m0/s1. The number of hydrogen-bond acceptors (Lipinski definition) is 5. The van der Waals surface area contributed by atoms with E-state index in [0.29, 0.717) is 0 Å². The highest BCUT2D eigenvalue weighted by Gasteiger charge is 2.51. The molecule has 5 amide bonds. The molecule has 0 aromatic heterocycles. The van der Waals surface area contributed by atoms with E-state index in [2.05, 4.69) is 10.6 Å². The Kier molecular flexibility index (Phi) is 4.07. The monoisotopic (exact) mass is 332 g/mol. The summed E-state index contributed by atoms with van der Waals surface area (Å²) in [6, 6.07) is 7.52. The van der Waals surface area contributed by atoms with E-state index in [1.807, 2.05) is 18.2 Å². The molecule has 1 aromatic carbocycles. The topological polar surface area (TPSA) is 108 Å². The summed E-state index contributed by atoms with van der Waals surface area (Å²) < 4.78 is 5.04. The van der Waals surface area contributed by atoms with Gasteiger partial charge in [0.2, 0.25) is 5.91 Å². The molecule has 2 heterocycles. The molecule has 2 aliphatic rings. The molecule has 2 atom stereocenters. The molecule has 0 unspecified atom stereocenters. The SMILES string of the molecule is CN1CC(=O)N([C@@H]2NC(=O)[C@H]2NC(=O)OCc2ccccc2)C1=O. The Morgan fingerprint density at radius 2 is 2.00 bits per heavy atom. The van der Waals surface area contributed by atoms with Crippen molar-refractivity contribution in [1.82, 2.24) is 20.4 Å². The molecule has 0 aliphatic carbocycles. The van der Waals surface area contributed by atoms with Gasteiger partial charge in [0.05, 0.1) is 0 Å².